The third kappa shape index (κ3) is 2.70. The first-order chi connectivity index (χ1) is 5.86. The van der Waals surface area contributed by atoms with Crippen molar-refractivity contribution < 1.29 is 0 Å². The molecule has 0 amide bonds. The Morgan fingerprint density at radius 2 is 2.33 bits per heavy atom. The third-order valence-electron chi connectivity index (χ3n) is 1.41. The fraction of sp³-hybridized carbons (Fsp3) is 0.500. The van der Waals surface area contributed by atoms with Crippen LogP contribution in [0.1, 0.15) is 13.3 Å². The fourth-order valence-corrected chi connectivity index (χ4v) is 1.18. The van der Waals surface area contributed by atoms with Gasteiger partial charge in [-0.05, 0) is 12.7 Å². The Morgan fingerprint density at radius 1 is 1.50 bits per heavy atom. The van der Waals surface area contributed by atoms with Gasteiger partial charge in [-0.1, -0.05) is 6.92 Å². The Hall–Kier alpha value is -0.770. The summed E-state index contributed by atoms with van der Waals surface area (Å²) in [6.45, 7) is 3.09. The van der Waals surface area contributed by atoms with Crippen LogP contribution >= 0.6 is 11.8 Å². The first-order valence-electron chi connectivity index (χ1n) is 3.96. The van der Waals surface area contributed by atoms with E-state index in [1.165, 1.54) is 0 Å². The molecule has 1 N–H and O–H groups in total. The van der Waals surface area contributed by atoms with Gasteiger partial charge >= 0.3 is 0 Å². The molecule has 0 aliphatic heterocycles. The van der Waals surface area contributed by atoms with Crippen molar-refractivity contribution >= 4 is 17.6 Å². The van der Waals surface area contributed by atoms with E-state index in [0.29, 0.717) is 0 Å². The Labute approximate surface area is 77.0 Å². The van der Waals surface area contributed by atoms with Crippen LogP contribution in [-0.4, -0.2) is 22.8 Å². The minimum absolute atomic E-state index is 0.913. The highest BCUT2D eigenvalue weighted by Gasteiger charge is 1.94. The van der Waals surface area contributed by atoms with Gasteiger partial charge in [0.2, 0.25) is 0 Å². The molecule has 1 heterocycles. The summed E-state index contributed by atoms with van der Waals surface area (Å²) in [5.41, 5.74) is 0. The van der Waals surface area contributed by atoms with Crippen molar-refractivity contribution in [2.75, 3.05) is 18.1 Å². The maximum atomic E-state index is 4.09. The van der Waals surface area contributed by atoms with Gasteiger partial charge in [0.1, 0.15) is 17.2 Å². The molecule has 0 spiro atoms. The molecular formula is C8H13N3S. The lowest BCUT2D eigenvalue weighted by Crippen LogP contribution is -2.01. The molecule has 0 unspecified atom stereocenters. The van der Waals surface area contributed by atoms with Crippen LogP contribution in [0.2, 0.25) is 0 Å². The summed E-state index contributed by atoms with van der Waals surface area (Å²) in [7, 11) is 0. The van der Waals surface area contributed by atoms with E-state index in [2.05, 4.69) is 22.2 Å². The standard InChI is InChI=1S/C8H13N3S/c1-3-4-9-7-5-8(12-2)11-6-10-7/h5-6H,3-4H2,1-2H3,(H,9,10,11). The van der Waals surface area contributed by atoms with E-state index in [1.54, 1.807) is 18.1 Å². The van der Waals surface area contributed by atoms with E-state index in [1.807, 2.05) is 12.3 Å². The molecule has 0 bridgehead atoms. The van der Waals surface area contributed by atoms with Gasteiger partial charge in [0.15, 0.2) is 0 Å². The Balaban J connectivity index is 2.60. The van der Waals surface area contributed by atoms with Gasteiger partial charge in [0, 0.05) is 12.6 Å². The first kappa shape index (κ1) is 9.32. The maximum absolute atomic E-state index is 4.09. The predicted molar refractivity (Wildman–Crippen MR) is 52.6 cm³/mol. The Morgan fingerprint density at radius 3 is 3.00 bits per heavy atom. The Kier molecular flexibility index (Phi) is 3.87. The van der Waals surface area contributed by atoms with Gasteiger partial charge in [0.25, 0.3) is 0 Å². The number of hydrogen-bond acceptors (Lipinski definition) is 4. The molecule has 1 aromatic heterocycles. The van der Waals surface area contributed by atoms with E-state index in [4.69, 9.17) is 0 Å². The Bertz CT molecular complexity index is 239. The molecule has 0 aromatic carbocycles. The van der Waals surface area contributed by atoms with Crippen molar-refractivity contribution in [1.29, 1.82) is 0 Å². The molecule has 1 aromatic rings. The zero-order valence-corrected chi connectivity index (χ0v) is 8.19. The molecule has 12 heavy (non-hydrogen) atoms. The molecule has 0 fully saturated rings. The van der Waals surface area contributed by atoms with Crippen LogP contribution < -0.4 is 5.32 Å². The van der Waals surface area contributed by atoms with Crippen LogP contribution in [0.4, 0.5) is 5.82 Å². The summed E-state index contributed by atoms with van der Waals surface area (Å²) < 4.78 is 0. The molecule has 0 saturated heterocycles. The largest absolute Gasteiger partial charge is 0.370 e. The molecule has 66 valence electrons. The van der Waals surface area contributed by atoms with E-state index < -0.39 is 0 Å². The number of aromatic nitrogens is 2. The zero-order valence-electron chi connectivity index (χ0n) is 7.37. The van der Waals surface area contributed by atoms with Gasteiger partial charge in [-0.15, -0.1) is 11.8 Å². The second kappa shape index (κ2) is 4.98. The summed E-state index contributed by atoms with van der Waals surface area (Å²) >= 11 is 1.63. The van der Waals surface area contributed by atoms with Crippen molar-refractivity contribution in [2.24, 2.45) is 0 Å². The van der Waals surface area contributed by atoms with Gasteiger partial charge < -0.3 is 5.32 Å². The zero-order chi connectivity index (χ0) is 8.81. The second-order valence-electron chi connectivity index (χ2n) is 2.37. The van der Waals surface area contributed by atoms with Crippen molar-refractivity contribution in [2.45, 2.75) is 18.4 Å². The van der Waals surface area contributed by atoms with Gasteiger partial charge in [-0.3, -0.25) is 0 Å². The van der Waals surface area contributed by atoms with E-state index in [9.17, 15) is 0 Å². The highest BCUT2D eigenvalue weighted by atomic mass is 32.2. The average Bonchev–Trinajstić information content (AvgIpc) is 2.15. The molecule has 3 nitrogen and oxygen atoms in total. The van der Waals surface area contributed by atoms with Crippen LogP contribution in [0.3, 0.4) is 0 Å². The lowest BCUT2D eigenvalue weighted by Gasteiger charge is -2.03. The van der Waals surface area contributed by atoms with Gasteiger partial charge in [-0.25, -0.2) is 9.97 Å². The van der Waals surface area contributed by atoms with Crippen LogP contribution in [0.5, 0.6) is 0 Å². The third-order valence-corrected chi connectivity index (χ3v) is 2.05. The van der Waals surface area contributed by atoms with Crippen LogP contribution in [0.15, 0.2) is 17.4 Å². The van der Waals surface area contributed by atoms with Crippen molar-refractivity contribution in [3.05, 3.63) is 12.4 Å². The lowest BCUT2D eigenvalue weighted by molar-refractivity contribution is 0.953. The van der Waals surface area contributed by atoms with Gasteiger partial charge in [0.05, 0.1) is 0 Å². The SMILES string of the molecule is CCCNc1cc(SC)ncn1. The van der Waals surface area contributed by atoms with Gasteiger partial charge in [-0.2, -0.15) is 0 Å². The van der Waals surface area contributed by atoms with Crippen LogP contribution in [0, 0.1) is 0 Å². The summed E-state index contributed by atoms with van der Waals surface area (Å²) in [6.07, 6.45) is 4.70. The normalized spacial score (nSPS) is 9.83. The van der Waals surface area contributed by atoms with Crippen LogP contribution in [0.25, 0.3) is 0 Å². The van der Waals surface area contributed by atoms with E-state index in [0.717, 1.165) is 23.8 Å². The molecule has 0 aliphatic rings. The highest BCUT2D eigenvalue weighted by molar-refractivity contribution is 7.98. The summed E-state index contributed by atoms with van der Waals surface area (Å²) in [6, 6.07) is 1.96. The fourth-order valence-electron chi connectivity index (χ4n) is 0.801. The summed E-state index contributed by atoms with van der Waals surface area (Å²) in [5.74, 6) is 0.913. The van der Waals surface area contributed by atoms with Crippen LogP contribution in [-0.2, 0) is 0 Å². The minimum atomic E-state index is 0.913. The molecule has 1 rings (SSSR count). The molecular weight excluding hydrogens is 170 g/mol. The van der Waals surface area contributed by atoms with Crippen molar-refractivity contribution in [1.82, 2.24) is 9.97 Å². The quantitative estimate of drug-likeness (QED) is 0.572. The predicted octanol–water partition coefficient (Wildman–Crippen LogP) is 2.02. The molecule has 0 saturated carbocycles. The number of nitrogens with one attached hydrogen (secondary N) is 1. The number of thioether (sulfide) groups is 1. The minimum Gasteiger partial charge on any atom is -0.370 e. The smallest absolute Gasteiger partial charge is 0.130 e. The van der Waals surface area contributed by atoms with E-state index >= 15 is 0 Å². The number of anilines is 1. The number of nitrogens with zero attached hydrogens (tertiary/aromatic N) is 2. The molecule has 0 aliphatic carbocycles. The molecule has 0 atom stereocenters. The topological polar surface area (TPSA) is 37.8 Å². The second-order valence-corrected chi connectivity index (χ2v) is 3.20. The van der Waals surface area contributed by atoms with Crippen molar-refractivity contribution in [3.63, 3.8) is 0 Å². The molecule has 0 radical (unpaired) electrons. The number of rotatable bonds is 4. The lowest BCUT2D eigenvalue weighted by atomic mass is 10.4. The van der Waals surface area contributed by atoms with Crippen molar-refractivity contribution in [3.8, 4) is 0 Å². The number of hydrogen-bond donors (Lipinski definition) is 1. The monoisotopic (exact) mass is 183 g/mol. The summed E-state index contributed by atoms with van der Waals surface area (Å²) in [4.78, 5) is 8.17. The highest BCUT2D eigenvalue weighted by Crippen LogP contribution is 2.13. The summed E-state index contributed by atoms with van der Waals surface area (Å²) in [5, 5.41) is 4.21. The first-order valence-corrected chi connectivity index (χ1v) is 5.19. The average molecular weight is 183 g/mol. The maximum Gasteiger partial charge on any atom is 0.130 e. The molecule has 4 heteroatoms. The van der Waals surface area contributed by atoms with E-state index in [-0.39, 0.29) is 0 Å².